The van der Waals surface area contributed by atoms with E-state index in [0.29, 0.717) is 18.7 Å². The molecule has 0 fully saturated rings. The minimum atomic E-state index is -0.0197. The van der Waals surface area contributed by atoms with Gasteiger partial charge in [0.25, 0.3) is 5.91 Å². The molecular formula is C18H21NO2. The van der Waals surface area contributed by atoms with Crippen molar-refractivity contribution in [3.05, 3.63) is 65.7 Å². The van der Waals surface area contributed by atoms with Crippen molar-refractivity contribution in [3.8, 4) is 5.75 Å². The summed E-state index contributed by atoms with van der Waals surface area (Å²) in [5.41, 5.74) is 1.89. The van der Waals surface area contributed by atoms with Crippen molar-refractivity contribution >= 4 is 5.91 Å². The van der Waals surface area contributed by atoms with Gasteiger partial charge in [-0.3, -0.25) is 4.79 Å². The molecule has 0 aromatic heterocycles. The Bertz CT molecular complexity index is 566. The third-order valence-electron chi connectivity index (χ3n) is 3.22. The van der Waals surface area contributed by atoms with Crippen molar-refractivity contribution in [2.75, 3.05) is 13.2 Å². The maximum Gasteiger partial charge on any atom is 0.251 e. The number of hydrogen-bond acceptors (Lipinski definition) is 2. The van der Waals surface area contributed by atoms with Crippen LogP contribution in [0.25, 0.3) is 0 Å². The predicted molar refractivity (Wildman–Crippen MR) is 84.7 cm³/mol. The molecule has 0 radical (unpaired) electrons. The maximum absolute atomic E-state index is 11.9. The third kappa shape index (κ3) is 4.63. The minimum absolute atomic E-state index is 0.0197. The summed E-state index contributed by atoms with van der Waals surface area (Å²) in [6, 6.07) is 17.3. The highest BCUT2D eigenvalue weighted by Crippen LogP contribution is 2.19. The number of benzene rings is 2. The lowest BCUT2D eigenvalue weighted by Gasteiger charge is -2.10. The molecule has 0 saturated heterocycles. The summed E-state index contributed by atoms with van der Waals surface area (Å²) >= 11 is 0. The molecule has 0 spiro atoms. The summed E-state index contributed by atoms with van der Waals surface area (Å²) in [6.45, 7) is 3.31. The van der Waals surface area contributed by atoms with E-state index in [0.717, 1.165) is 18.6 Å². The Morgan fingerprint density at radius 3 is 2.52 bits per heavy atom. The Labute approximate surface area is 126 Å². The number of carbonyl (C=O) groups excluding carboxylic acids is 1. The van der Waals surface area contributed by atoms with Gasteiger partial charge in [-0.05, 0) is 43.5 Å². The normalized spacial score (nSPS) is 10.1. The van der Waals surface area contributed by atoms with Gasteiger partial charge >= 0.3 is 0 Å². The molecule has 0 saturated carbocycles. The van der Waals surface area contributed by atoms with Gasteiger partial charge in [0.15, 0.2) is 0 Å². The molecule has 1 amide bonds. The van der Waals surface area contributed by atoms with Crippen LogP contribution in [-0.2, 0) is 6.42 Å². The van der Waals surface area contributed by atoms with Crippen LogP contribution >= 0.6 is 0 Å². The molecule has 21 heavy (non-hydrogen) atoms. The van der Waals surface area contributed by atoms with Crippen LogP contribution in [0.3, 0.4) is 0 Å². The Kier molecular flexibility index (Phi) is 5.83. The van der Waals surface area contributed by atoms with Crippen molar-refractivity contribution in [1.29, 1.82) is 0 Å². The van der Waals surface area contributed by atoms with E-state index in [-0.39, 0.29) is 5.91 Å². The number of hydrogen-bond donors (Lipinski definition) is 1. The zero-order chi connectivity index (χ0) is 14.9. The largest absolute Gasteiger partial charge is 0.494 e. The molecule has 0 unspecified atom stereocenters. The van der Waals surface area contributed by atoms with Crippen molar-refractivity contribution in [1.82, 2.24) is 5.32 Å². The lowest BCUT2D eigenvalue weighted by Crippen LogP contribution is -2.24. The monoisotopic (exact) mass is 283 g/mol. The van der Waals surface area contributed by atoms with Crippen LogP contribution in [0.1, 0.15) is 29.3 Å². The van der Waals surface area contributed by atoms with Crippen LogP contribution in [0.15, 0.2) is 54.6 Å². The molecule has 0 aliphatic rings. The summed E-state index contributed by atoms with van der Waals surface area (Å²) in [7, 11) is 0. The van der Waals surface area contributed by atoms with Crippen LogP contribution in [0.5, 0.6) is 5.75 Å². The van der Waals surface area contributed by atoms with Crippen LogP contribution in [-0.4, -0.2) is 19.1 Å². The molecule has 3 nitrogen and oxygen atoms in total. The van der Waals surface area contributed by atoms with E-state index < -0.39 is 0 Å². The van der Waals surface area contributed by atoms with Gasteiger partial charge in [0.2, 0.25) is 0 Å². The van der Waals surface area contributed by atoms with E-state index in [1.807, 2.05) is 55.5 Å². The smallest absolute Gasteiger partial charge is 0.251 e. The molecule has 0 bridgehead atoms. The predicted octanol–water partition coefficient (Wildman–Crippen LogP) is 3.45. The molecule has 2 aromatic rings. The second kappa shape index (κ2) is 8.10. The lowest BCUT2D eigenvalue weighted by atomic mass is 10.1. The number of para-hydroxylation sites is 1. The third-order valence-corrected chi connectivity index (χ3v) is 3.22. The van der Waals surface area contributed by atoms with Gasteiger partial charge in [-0.2, -0.15) is 0 Å². The Hall–Kier alpha value is -2.29. The van der Waals surface area contributed by atoms with Crippen LogP contribution in [0, 0.1) is 0 Å². The second-order valence-electron chi connectivity index (χ2n) is 4.77. The summed E-state index contributed by atoms with van der Waals surface area (Å²) in [5, 5.41) is 2.94. The SMILES string of the molecule is CCOc1ccccc1CCCNC(=O)c1ccccc1. The van der Waals surface area contributed by atoms with Gasteiger partial charge in [-0.25, -0.2) is 0 Å². The zero-order valence-corrected chi connectivity index (χ0v) is 12.3. The van der Waals surface area contributed by atoms with Crippen molar-refractivity contribution in [2.45, 2.75) is 19.8 Å². The molecule has 2 aromatic carbocycles. The first-order chi connectivity index (χ1) is 10.3. The number of carbonyl (C=O) groups is 1. The summed E-state index contributed by atoms with van der Waals surface area (Å²) in [5.74, 6) is 0.920. The fraction of sp³-hybridized carbons (Fsp3) is 0.278. The number of amides is 1. The van der Waals surface area contributed by atoms with Gasteiger partial charge < -0.3 is 10.1 Å². The Balaban J connectivity index is 1.79. The lowest BCUT2D eigenvalue weighted by molar-refractivity contribution is 0.0953. The minimum Gasteiger partial charge on any atom is -0.494 e. The topological polar surface area (TPSA) is 38.3 Å². The van der Waals surface area contributed by atoms with E-state index in [1.54, 1.807) is 0 Å². The highest BCUT2D eigenvalue weighted by Gasteiger charge is 2.05. The first kappa shape index (κ1) is 15.1. The molecule has 3 heteroatoms. The highest BCUT2D eigenvalue weighted by atomic mass is 16.5. The number of aryl methyl sites for hydroxylation is 1. The van der Waals surface area contributed by atoms with Crippen molar-refractivity contribution < 1.29 is 9.53 Å². The Morgan fingerprint density at radius 1 is 1.05 bits per heavy atom. The molecule has 1 N–H and O–H groups in total. The molecular weight excluding hydrogens is 262 g/mol. The van der Waals surface area contributed by atoms with E-state index in [4.69, 9.17) is 4.74 Å². The first-order valence-corrected chi connectivity index (χ1v) is 7.35. The van der Waals surface area contributed by atoms with Gasteiger partial charge in [0.1, 0.15) is 5.75 Å². The van der Waals surface area contributed by atoms with Crippen LogP contribution in [0.4, 0.5) is 0 Å². The number of nitrogens with one attached hydrogen (secondary N) is 1. The molecule has 0 atom stereocenters. The van der Waals surface area contributed by atoms with Crippen molar-refractivity contribution in [2.24, 2.45) is 0 Å². The van der Waals surface area contributed by atoms with Gasteiger partial charge in [0, 0.05) is 12.1 Å². The maximum atomic E-state index is 11.9. The summed E-state index contributed by atoms with van der Waals surface area (Å²) in [4.78, 5) is 11.9. The average molecular weight is 283 g/mol. The summed E-state index contributed by atoms with van der Waals surface area (Å²) < 4.78 is 5.60. The zero-order valence-electron chi connectivity index (χ0n) is 12.3. The number of rotatable bonds is 7. The van der Waals surface area contributed by atoms with E-state index in [1.165, 1.54) is 5.56 Å². The van der Waals surface area contributed by atoms with E-state index in [2.05, 4.69) is 11.4 Å². The fourth-order valence-corrected chi connectivity index (χ4v) is 2.18. The van der Waals surface area contributed by atoms with Gasteiger partial charge in [-0.15, -0.1) is 0 Å². The molecule has 0 aliphatic carbocycles. The summed E-state index contributed by atoms with van der Waals surface area (Å²) in [6.07, 6.45) is 1.79. The van der Waals surface area contributed by atoms with Crippen LogP contribution < -0.4 is 10.1 Å². The second-order valence-corrected chi connectivity index (χ2v) is 4.77. The number of ether oxygens (including phenoxy) is 1. The highest BCUT2D eigenvalue weighted by molar-refractivity contribution is 5.94. The van der Waals surface area contributed by atoms with E-state index >= 15 is 0 Å². The van der Waals surface area contributed by atoms with E-state index in [9.17, 15) is 4.79 Å². The van der Waals surface area contributed by atoms with Crippen LogP contribution in [0.2, 0.25) is 0 Å². The quantitative estimate of drug-likeness (QED) is 0.790. The van der Waals surface area contributed by atoms with Gasteiger partial charge in [-0.1, -0.05) is 36.4 Å². The molecule has 2 rings (SSSR count). The van der Waals surface area contributed by atoms with Crippen molar-refractivity contribution in [3.63, 3.8) is 0 Å². The molecule has 0 aliphatic heterocycles. The first-order valence-electron chi connectivity index (χ1n) is 7.35. The van der Waals surface area contributed by atoms with Gasteiger partial charge in [0.05, 0.1) is 6.61 Å². The molecule has 110 valence electrons. The molecule has 0 heterocycles. The Morgan fingerprint density at radius 2 is 1.76 bits per heavy atom. The average Bonchev–Trinajstić information content (AvgIpc) is 2.54. The fourth-order valence-electron chi connectivity index (χ4n) is 2.18. The standard InChI is InChI=1S/C18H21NO2/c1-2-21-17-13-7-6-9-15(17)12-8-14-19-18(20)16-10-4-3-5-11-16/h3-7,9-11,13H,2,8,12,14H2,1H3,(H,19,20).